The Kier molecular flexibility index (Phi) is 5.10. The fourth-order valence-electron chi connectivity index (χ4n) is 1.49. The lowest BCUT2D eigenvalue weighted by Gasteiger charge is -2.28. The summed E-state index contributed by atoms with van der Waals surface area (Å²) in [6.45, 7) is 7.37. The molecule has 1 aromatic carbocycles. The van der Waals surface area contributed by atoms with Crippen molar-refractivity contribution >= 4 is 23.2 Å². The standard InChI is InChI=1S/C13H19Cl2N/c1-4-13(3,5-2)16-9-10-7-6-8-11(14)12(10)15/h6-8,16H,4-5,9H2,1-3H3. The van der Waals surface area contributed by atoms with Gasteiger partial charge in [0, 0.05) is 12.1 Å². The molecule has 0 heterocycles. The zero-order chi connectivity index (χ0) is 12.2. The van der Waals surface area contributed by atoms with Crippen molar-refractivity contribution in [1.29, 1.82) is 0 Å². The van der Waals surface area contributed by atoms with Crippen LogP contribution in [0.25, 0.3) is 0 Å². The first-order chi connectivity index (χ1) is 7.52. The van der Waals surface area contributed by atoms with Crippen molar-refractivity contribution in [2.24, 2.45) is 0 Å². The lowest BCUT2D eigenvalue weighted by atomic mass is 9.95. The summed E-state index contributed by atoms with van der Waals surface area (Å²) in [4.78, 5) is 0. The van der Waals surface area contributed by atoms with Crippen molar-refractivity contribution in [3.63, 3.8) is 0 Å². The number of hydrogen-bond acceptors (Lipinski definition) is 1. The van der Waals surface area contributed by atoms with E-state index in [2.05, 4.69) is 26.1 Å². The Morgan fingerprint density at radius 3 is 2.38 bits per heavy atom. The van der Waals surface area contributed by atoms with Crippen LogP contribution in [0.15, 0.2) is 18.2 Å². The summed E-state index contributed by atoms with van der Waals surface area (Å²) in [6, 6.07) is 5.75. The Morgan fingerprint density at radius 2 is 1.81 bits per heavy atom. The zero-order valence-electron chi connectivity index (χ0n) is 10.1. The quantitative estimate of drug-likeness (QED) is 0.811. The smallest absolute Gasteiger partial charge is 0.0637 e. The molecule has 1 N–H and O–H groups in total. The fourth-order valence-corrected chi connectivity index (χ4v) is 1.88. The molecule has 0 fully saturated rings. The Balaban J connectivity index is 2.71. The Hall–Kier alpha value is -0.240. The van der Waals surface area contributed by atoms with E-state index in [1.165, 1.54) is 0 Å². The molecule has 0 aliphatic rings. The summed E-state index contributed by atoms with van der Waals surface area (Å²) in [6.07, 6.45) is 2.20. The van der Waals surface area contributed by atoms with Crippen LogP contribution in [0, 0.1) is 0 Å². The van der Waals surface area contributed by atoms with Gasteiger partial charge in [0.25, 0.3) is 0 Å². The summed E-state index contributed by atoms with van der Waals surface area (Å²) < 4.78 is 0. The lowest BCUT2D eigenvalue weighted by Crippen LogP contribution is -2.40. The van der Waals surface area contributed by atoms with Crippen LogP contribution in [-0.4, -0.2) is 5.54 Å². The minimum Gasteiger partial charge on any atom is -0.307 e. The molecule has 0 saturated carbocycles. The van der Waals surface area contributed by atoms with Crippen LogP contribution in [0.1, 0.15) is 39.2 Å². The maximum atomic E-state index is 6.14. The van der Waals surface area contributed by atoms with Gasteiger partial charge in [0.05, 0.1) is 10.0 Å². The summed E-state index contributed by atoms with van der Waals surface area (Å²) in [5.74, 6) is 0. The molecule has 3 heteroatoms. The largest absolute Gasteiger partial charge is 0.307 e. The number of benzene rings is 1. The number of nitrogens with one attached hydrogen (secondary N) is 1. The summed E-state index contributed by atoms with van der Waals surface area (Å²) in [5.41, 5.74) is 1.23. The molecule has 0 saturated heterocycles. The van der Waals surface area contributed by atoms with Crippen LogP contribution < -0.4 is 5.32 Å². The second-order valence-corrected chi connectivity index (χ2v) is 5.12. The Morgan fingerprint density at radius 1 is 1.19 bits per heavy atom. The highest BCUT2D eigenvalue weighted by molar-refractivity contribution is 6.42. The molecule has 0 atom stereocenters. The first kappa shape index (κ1) is 13.8. The van der Waals surface area contributed by atoms with Gasteiger partial charge in [-0.15, -0.1) is 0 Å². The molecule has 0 bridgehead atoms. The van der Waals surface area contributed by atoms with Gasteiger partial charge in [-0.2, -0.15) is 0 Å². The lowest BCUT2D eigenvalue weighted by molar-refractivity contribution is 0.329. The number of hydrogen-bond donors (Lipinski definition) is 1. The average molecular weight is 260 g/mol. The Labute approximate surface area is 108 Å². The van der Waals surface area contributed by atoms with Crippen molar-refractivity contribution < 1.29 is 0 Å². The van der Waals surface area contributed by atoms with Crippen LogP contribution in [0.4, 0.5) is 0 Å². The third-order valence-electron chi connectivity index (χ3n) is 3.30. The van der Waals surface area contributed by atoms with Gasteiger partial charge in [-0.25, -0.2) is 0 Å². The third-order valence-corrected chi connectivity index (χ3v) is 4.16. The summed E-state index contributed by atoms with van der Waals surface area (Å²) in [5, 5.41) is 4.82. The topological polar surface area (TPSA) is 12.0 Å². The molecule has 1 aromatic rings. The predicted molar refractivity (Wildman–Crippen MR) is 72.3 cm³/mol. The van der Waals surface area contributed by atoms with E-state index in [9.17, 15) is 0 Å². The van der Waals surface area contributed by atoms with Crippen LogP contribution in [0.2, 0.25) is 10.0 Å². The monoisotopic (exact) mass is 259 g/mol. The van der Waals surface area contributed by atoms with Gasteiger partial charge in [0.2, 0.25) is 0 Å². The van der Waals surface area contributed by atoms with Gasteiger partial charge in [-0.1, -0.05) is 49.2 Å². The molecule has 0 spiro atoms. The van der Waals surface area contributed by atoms with Gasteiger partial charge < -0.3 is 5.32 Å². The maximum Gasteiger partial charge on any atom is 0.0637 e. The molecule has 0 amide bonds. The molecule has 1 rings (SSSR count). The van der Waals surface area contributed by atoms with Crippen LogP contribution in [0.3, 0.4) is 0 Å². The summed E-state index contributed by atoms with van der Waals surface area (Å²) in [7, 11) is 0. The van der Waals surface area contributed by atoms with E-state index in [-0.39, 0.29) is 5.54 Å². The van der Waals surface area contributed by atoms with Gasteiger partial charge >= 0.3 is 0 Å². The molecule has 1 nitrogen and oxygen atoms in total. The number of rotatable bonds is 5. The van der Waals surface area contributed by atoms with Crippen molar-refractivity contribution in [3.8, 4) is 0 Å². The second-order valence-electron chi connectivity index (χ2n) is 4.33. The first-order valence-corrected chi connectivity index (χ1v) is 6.46. The molecule has 0 aromatic heterocycles. The van der Waals surface area contributed by atoms with Gasteiger partial charge in [0.15, 0.2) is 0 Å². The first-order valence-electron chi connectivity index (χ1n) is 5.70. The molecule has 0 aliphatic carbocycles. The van der Waals surface area contributed by atoms with E-state index in [4.69, 9.17) is 23.2 Å². The number of halogens is 2. The van der Waals surface area contributed by atoms with Gasteiger partial charge in [-0.05, 0) is 31.4 Å². The van der Waals surface area contributed by atoms with E-state index in [0.29, 0.717) is 10.0 Å². The van der Waals surface area contributed by atoms with E-state index in [0.717, 1.165) is 24.9 Å². The molecule has 0 radical (unpaired) electrons. The van der Waals surface area contributed by atoms with E-state index < -0.39 is 0 Å². The third kappa shape index (κ3) is 3.38. The molecule has 90 valence electrons. The van der Waals surface area contributed by atoms with Crippen molar-refractivity contribution in [1.82, 2.24) is 5.32 Å². The molecular weight excluding hydrogens is 241 g/mol. The normalized spacial score (nSPS) is 11.8. The van der Waals surface area contributed by atoms with Gasteiger partial charge in [0.1, 0.15) is 0 Å². The Bertz CT molecular complexity index is 346. The minimum atomic E-state index is 0.172. The van der Waals surface area contributed by atoms with Crippen LogP contribution in [0.5, 0.6) is 0 Å². The van der Waals surface area contributed by atoms with Gasteiger partial charge in [-0.3, -0.25) is 0 Å². The molecule has 16 heavy (non-hydrogen) atoms. The van der Waals surface area contributed by atoms with Crippen molar-refractivity contribution in [2.75, 3.05) is 0 Å². The summed E-state index contributed by atoms with van der Waals surface area (Å²) >= 11 is 12.1. The maximum absolute atomic E-state index is 6.14. The van der Waals surface area contributed by atoms with E-state index >= 15 is 0 Å². The van der Waals surface area contributed by atoms with Crippen molar-refractivity contribution in [3.05, 3.63) is 33.8 Å². The second kappa shape index (κ2) is 5.90. The molecule has 0 aliphatic heterocycles. The van der Waals surface area contributed by atoms with Crippen molar-refractivity contribution in [2.45, 2.75) is 45.7 Å². The highest BCUT2D eigenvalue weighted by Gasteiger charge is 2.18. The SMILES string of the molecule is CCC(C)(CC)NCc1cccc(Cl)c1Cl. The van der Waals surface area contributed by atoms with E-state index in [1.807, 2.05) is 18.2 Å². The molecular formula is C13H19Cl2N. The fraction of sp³-hybridized carbons (Fsp3) is 0.538. The zero-order valence-corrected chi connectivity index (χ0v) is 11.6. The molecule has 0 unspecified atom stereocenters. The van der Waals surface area contributed by atoms with Crippen LogP contribution in [-0.2, 0) is 6.54 Å². The predicted octanol–water partition coefficient (Wildman–Crippen LogP) is 4.66. The highest BCUT2D eigenvalue weighted by Crippen LogP contribution is 2.26. The highest BCUT2D eigenvalue weighted by atomic mass is 35.5. The van der Waals surface area contributed by atoms with Crippen LogP contribution >= 0.6 is 23.2 Å². The van der Waals surface area contributed by atoms with E-state index in [1.54, 1.807) is 0 Å². The average Bonchev–Trinajstić information content (AvgIpc) is 2.31. The minimum absolute atomic E-state index is 0.172.